The molecule has 2 aliphatic rings. The van der Waals surface area contributed by atoms with E-state index in [0.717, 1.165) is 30.4 Å². The van der Waals surface area contributed by atoms with Gasteiger partial charge in [0.2, 0.25) is 11.8 Å². The number of rotatable bonds is 6. The van der Waals surface area contributed by atoms with Crippen molar-refractivity contribution in [1.82, 2.24) is 5.32 Å². The SMILES string of the molecule is C=C(CO)N=C(ON)c1ccc([C@@H]2CC[C@@]3(CC)C(=O)N[C@H](C)[C@H]3[C@H]2c2ccc(Cl)cc2)c(Cl)c1. The second-order valence-electron chi connectivity index (χ2n) is 9.52. The average Bonchev–Trinajstić information content (AvgIpc) is 3.12. The highest BCUT2D eigenvalue weighted by molar-refractivity contribution is 6.32. The molecule has 1 amide bonds. The summed E-state index contributed by atoms with van der Waals surface area (Å²) in [6, 6.07) is 13.6. The second kappa shape index (κ2) is 10.3. The van der Waals surface area contributed by atoms with Crippen molar-refractivity contribution in [3.05, 3.63) is 81.5 Å². The van der Waals surface area contributed by atoms with Crippen LogP contribution in [-0.4, -0.2) is 29.6 Å². The van der Waals surface area contributed by atoms with E-state index < -0.39 is 5.41 Å². The van der Waals surface area contributed by atoms with Crippen LogP contribution in [-0.2, 0) is 9.63 Å². The molecule has 0 radical (unpaired) electrons. The van der Waals surface area contributed by atoms with E-state index in [9.17, 15) is 9.90 Å². The Kier molecular flexibility index (Phi) is 7.57. The van der Waals surface area contributed by atoms with Gasteiger partial charge >= 0.3 is 0 Å². The topological polar surface area (TPSA) is 96.9 Å². The number of amides is 1. The van der Waals surface area contributed by atoms with Gasteiger partial charge in [-0.2, -0.15) is 5.90 Å². The third kappa shape index (κ3) is 4.60. The summed E-state index contributed by atoms with van der Waals surface area (Å²) in [5.74, 6) is 5.99. The molecule has 0 spiro atoms. The van der Waals surface area contributed by atoms with Crippen LogP contribution in [0.4, 0.5) is 0 Å². The zero-order valence-corrected chi connectivity index (χ0v) is 21.4. The maximum Gasteiger partial charge on any atom is 0.245 e. The molecule has 4 rings (SSSR count). The Hall–Kier alpha value is -2.38. The first-order valence-electron chi connectivity index (χ1n) is 11.9. The van der Waals surface area contributed by atoms with Gasteiger partial charge in [-0.05, 0) is 73.4 Å². The summed E-state index contributed by atoms with van der Waals surface area (Å²) < 4.78 is 0. The van der Waals surface area contributed by atoms with E-state index in [1.165, 1.54) is 0 Å². The molecule has 1 saturated heterocycles. The number of nitrogens with two attached hydrogens (primary N) is 1. The molecule has 6 nitrogen and oxygen atoms in total. The van der Waals surface area contributed by atoms with E-state index in [-0.39, 0.29) is 47.9 Å². The number of halogens is 2. The van der Waals surface area contributed by atoms with E-state index in [4.69, 9.17) is 33.9 Å². The molecule has 1 saturated carbocycles. The summed E-state index contributed by atoms with van der Waals surface area (Å²) in [7, 11) is 0. The average molecular weight is 516 g/mol. The molecule has 2 fully saturated rings. The first kappa shape index (κ1) is 25.7. The maximum atomic E-state index is 13.2. The van der Waals surface area contributed by atoms with Gasteiger partial charge in [0, 0.05) is 27.6 Å². The van der Waals surface area contributed by atoms with Gasteiger partial charge in [0.15, 0.2) is 0 Å². The maximum absolute atomic E-state index is 13.2. The number of aliphatic imine (C=N–C) groups is 1. The number of benzene rings is 2. The molecule has 1 aliphatic heterocycles. The predicted molar refractivity (Wildman–Crippen MR) is 139 cm³/mol. The van der Waals surface area contributed by atoms with Crippen LogP contribution in [0.3, 0.4) is 0 Å². The highest BCUT2D eigenvalue weighted by Crippen LogP contribution is 2.60. The van der Waals surface area contributed by atoms with Crippen molar-refractivity contribution in [1.29, 1.82) is 0 Å². The van der Waals surface area contributed by atoms with Crippen molar-refractivity contribution >= 4 is 35.0 Å². The van der Waals surface area contributed by atoms with Crippen LogP contribution in [0.25, 0.3) is 0 Å². The van der Waals surface area contributed by atoms with Gasteiger partial charge in [-0.3, -0.25) is 4.79 Å². The molecule has 35 heavy (non-hydrogen) atoms. The molecule has 1 aliphatic carbocycles. The summed E-state index contributed by atoms with van der Waals surface area (Å²) in [4.78, 5) is 22.2. The predicted octanol–water partition coefficient (Wildman–Crippen LogP) is 5.33. The summed E-state index contributed by atoms with van der Waals surface area (Å²) in [5.41, 5.74) is 2.57. The van der Waals surface area contributed by atoms with Gasteiger partial charge in [-0.1, -0.05) is 54.9 Å². The van der Waals surface area contributed by atoms with Gasteiger partial charge in [-0.25, -0.2) is 4.99 Å². The minimum absolute atomic E-state index is 0.0397. The molecule has 8 heteroatoms. The van der Waals surface area contributed by atoms with Crippen LogP contribution < -0.4 is 11.2 Å². The molecule has 2 aromatic carbocycles. The van der Waals surface area contributed by atoms with Crippen LogP contribution in [0.15, 0.2) is 59.7 Å². The van der Waals surface area contributed by atoms with Crippen molar-refractivity contribution in [3.8, 4) is 0 Å². The lowest BCUT2D eigenvalue weighted by atomic mass is 9.54. The van der Waals surface area contributed by atoms with Crippen LogP contribution in [0, 0.1) is 11.3 Å². The quantitative estimate of drug-likeness (QED) is 0.275. The molecular formula is C27H31Cl2N3O3. The number of aliphatic hydroxyl groups excluding tert-OH is 1. The number of nitrogens with one attached hydrogen (secondary N) is 1. The fraction of sp³-hybridized carbons (Fsp3) is 0.407. The molecular weight excluding hydrogens is 485 g/mol. The van der Waals surface area contributed by atoms with Crippen molar-refractivity contribution in [2.24, 2.45) is 22.2 Å². The lowest BCUT2D eigenvalue weighted by Crippen LogP contribution is -2.43. The number of carbonyl (C=O) groups excluding carboxylic acids is 1. The van der Waals surface area contributed by atoms with Crippen LogP contribution >= 0.6 is 23.2 Å². The van der Waals surface area contributed by atoms with Gasteiger partial charge in [0.05, 0.1) is 17.7 Å². The highest BCUT2D eigenvalue weighted by atomic mass is 35.5. The smallest absolute Gasteiger partial charge is 0.245 e. The molecule has 2 aromatic rings. The third-order valence-corrected chi connectivity index (χ3v) is 8.38. The molecule has 1 heterocycles. The fourth-order valence-electron chi connectivity index (χ4n) is 6.19. The lowest BCUT2D eigenvalue weighted by Gasteiger charge is -2.47. The van der Waals surface area contributed by atoms with Gasteiger partial charge < -0.3 is 15.3 Å². The van der Waals surface area contributed by atoms with E-state index >= 15 is 0 Å². The standard InChI is InChI=1S/C27H31Cl2N3O3/c1-4-27-12-11-21(20-10-7-18(13-22(20)29)25(35-30)31-15(2)14-33)23(17-5-8-19(28)9-6-17)24(27)16(3)32-26(27)34/h5-10,13,16,21,23-24,33H,2,4,11-12,14,30H2,1,3H3,(H,32,34)/t16-,21+,23+,24+,27-/m1/s1. The molecule has 4 N–H and O–H groups in total. The fourth-order valence-corrected chi connectivity index (χ4v) is 6.64. The first-order chi connectivity index (χ1) is 16.7. The van der Waals surface area contributed by atoms with Crippen LogP contribution in [0.2, 0.25) is 10.0 Å². The summed E-state index contributed by atoms with van der Waals surface area (Å²) >= 11 is 13.1. The van der Waals surface area contributed by atoms with Gasteiger partial charge in [0.1, 0.15) is 0 Å². The van der Waals surface area contributed by atoms with Crippen molar-refractivity contribution in [3.63, 3.8) is 0 Å². The number of carbonyl (C=O) groups is 1. The molecule has 0 unspecified atom stereocenters. The second-order valence-corrected chi connectivity index (χ2v) is 10.4. The Labute approximate surface area is 216 Å². The zero-order valence-electron chi connectivity index (χ0n) is 19.9. The Morgan fingerprint density at radius 1 is 1.29 bits per heavy atom. The van der Waals surface area contributed by atoms with Crippen molar-refractivity contribution in [2.75, 3.05) is 6.61 Å². The number of fused-ring (bicyclic) bond motifs is 1. The Balaban J connectivity index is 1.80. The Morgan fingerprint density at radius 3 is 2.60 bits per heavy atom. The van der Waals surface area contributed by atoms with E-state index in [2.05, 4.69) is 42.9 Å². The number of aliphatic hydroxyl groups is 1. The number of hydrogen-bond donors (Lipinski definition) is 3. The van der Waals surface area contributed by atoms with Crippen molar-refractivity contribution < 1.29 is 14.7 Å². The highest BCUT2D eigenvalue weighted by Gasteiger charge is 2.59. The monoisotopic (exact) mass is 515 g/mol. The van der Waals surface area contributed by atoms with Gasteiger partial charge in [0.25, 0.3) is 0 Å². The third-order valence-electron chi connectivity index (χ3n) is 7.80. The first-order valence-corrected chi connectivity index (χ1v) is 12.6. The lowest BCUT2D eigenvalue weighted by molar-refractivity contribution is -0.131. The summed E-state index contributed by atoms with van der Waals surface area (Å²) in [6.45, 7) is 7.56. The largest absolute Gasteiger partial charge is 0.391 e. The zero-order chi connectivity index (χ0) is 25.3. The Bertz CT molecular complexity index is 1150. The van der Waals surface area contributed by atoms with Crippen molar-refractivity contribution in [2.45, 2.75) is 51.0 Å². The number of nitrogens with zero attached hydrogens (tertiary/aromatic N) is 1. The number of hydrogen-bond acceptors (Lipinski definition) is 5. The molecule has 186 valence electrons. The van der Waals surface area contributed by atoms with E-state index in [0.29, 0.717) is 15.6 Å². The van der Waals surface area contributed by atoms with E-state index in [1.807, 2.05) is 24.3 Å². The molecule has 0 bridgehead atoms. The molecule has 0 aromatic heterocycles. The Morgan fingerprint density at radius 2 is 2.00 bits per heavy atom. The van der Waals surface area contributed by atoms with Gasteiger partial charge in [-0.15, -0.1) is 0 Å². The van der Waals surface area contributed by atoms with Crippen LogP contribution in [0.1, 0.15) is 61.6 Å². The minimum Gasteiger partial charge on any atom is -0.391 e. The van der Waals surface area contributed by atoms with Crippen LogP contribution in [0.5, 0.6) is 0 Å². The molecule has 5 atom stereocenters. The minimum atomic E-state index is -0.398. The summed E-state index contributed by atoms with van der Waals surface area (Å²) in [6.07, 6.45) is 2.42. The normalized spacial score (nSPS) is 28.4. The summed E-state index contributed by atoms with van der Waals surface area (Å²) in [5, 5.41) is 13.7. The van der Waals surface area contributed by atoms with E-state index in [1.54, 1.807) is 6.07 Å².